The van der Waals surface area contributed by atoms with Gasteiger partial charge >= 0.3 is 0 Å². The smallest absolute Gasteiger partial charge is 0.163 e. The second kappa shape index (κ2) is 9.12. The van der Waals surface area contributed by atoms with Gasteiger partial charge in [-0.25, -0.2) is 0 Å². The maximum Gasteiger partial charge on any atom is 0.163 e. The predicted molar refractivity (Wildman–Crippen MR) is 56.0 cm³/mol. The van der Waals surface area contributed by atoms with Crippen molar-refractivity contribution in [1.82, 2.24) is 5.32 Å². The lowest BCUT2D eigenvalue weighted by Gasteiger charge is -1.94. The molecule has 0 aliphatic heterocycles. The molecule has 11 heavy (non-hydrogen) atoms. The molecule has 0 fully saturated rings. The average Bonchev–Trinajstić information content (AvgIpc) is 1.82. The van der Waals surface area contributed by atoms with E-state index in [1.165, 1.54) is 0 Å². The summed E-state index contributed by atoms with van der Waals surface area (Å²) < 4.78 is 0. The lowest BCUT2D eigenvalue weighted by molar-refractivity contribution is 1.05. The topological polar surface area (TPSA) is 90.1 Å². The van der Waals surface area contributed by atoms with Crippen LogP contribution in [0.4, 0.5) is 0 Å². The van der Waals surface area contributed by atoms with Crippen LogP contribution in [0.5, 0.6) is 0 Å². The van der Waals surface area contributed by atoms with E-state index in [4.69, 9.17) is 5.73 Å². The molecule has 6 heteroatoms. The van der Waals surface area contributed by atoms with Crippen LogP contribution in [0, 0.1) is 0 Å². The fraction of sp³-hybridized carbons (Fsp3) is 0.200. The van der Waals surface area contributed by atoms with Crippen molar-refractivity contribution in [3.8, 4) is 0 Å². The Morgan fingerprint density at radius 3 is 1.82 bits per heavy atom. The average molecular weight is 192 g/mol. The van der Waals surface area contributed by atoms with Crippen LogP contribution >= 0.6 is 24.4 Å². The Kier molecular flexibility index (Phi) is 10.6. The van der Waals surface area contributed by atoms with Crippen LogP contribution in [0.2, 0.25) is 0 Å². The molecule has 7 N–H and O–H groups in total. The van der Waals surface area contributed by atoms with Gasteiger partial charge in [0.05, 0.1) is 0 Å². The largest absolute Gasteiger partial charge is 0.377 e. The lowest BCUT2D eigenvalue weighted by Crippen LogP contribution is -2.28. The zero-order valence-corrected chi connectivity index (χ0v) is 7.67. The Morgan fingerprint density at radius 2 is 1.73 bits per heavy atom. The molecule has 0 amide bonds. The molecule has 0 unspecified atom stereocenters. The van der Waals surface area contributed by atoms with E-state index in [1.54, 1.807) is 6.08 Å². The first kappa shape index (κ1) is 12.8. The Labute approximate surface area is 76.8 Å². The van der Waals surface area contributed by atoms with Gasteiger partial charge in [0, 0.05) is 6.54 Å². The Bertz CT molecular complexity index is 141. The molecule has 64 valence electrons. The Hall–Kier alpha value is -0.880. The zero-order valence-electron chi connectivity index (χ0n) is 6.04. The van der Waals surface area contributed by atoms with Crippen LogP contribution < -0.4 is 22.5 Å². The standard InChI is InChI=1S/C4H8N2S.CH4N2S/c1-2-3-6-4(5)7;2-1(3)4/h2H,1,3H2,(H3,5,6,7);(H4,2,3,4). The number of hydrogen-bond donors (Lipinski definition) is 4. The van der Waals surface area contributed by atoms with E-state index >= 15 is 0 Å². The van der Waals surface area contributed by atoms with Gasteiger partial charge < -0.3 is 22.5 Å². The third kappa shape index (κ3) is 47.5. The van der Waals surface area contributed by atoms with Gasteiger partial charge in [0.15, 0.2) is 10.2 Å². The van der Waals surface area contributed by atoms with E-state index in [1.807, 2.05) is 0 Å². The molecule has 0 heterocycles. The molecule has 4 nitrogen and oxygen atoms in total. The van der Waals surface area contributed by atoms with Crippen LogP contribution in [-0.4, -0.2) is 16.8 Å². The summed E-state index contributed by atoms with van der Waals surface area (Å²) in [6.45, 7) is 4.10. The fourth-order valence-corrected chi connectivity index (χ4v) is 0.256. The fourth-order valence-electron chi connectivity index (χ4n) is 0.173. The number of nitrogens with one attached hydrogen (secondary N) is 1. The first-order valence-electron chi connectivity index (χ1n) is 2.69. The van der Waals surface area contributed by atoms with E-state index < -0.39 is 0 Å². The highest BCUT2D eigenvalue weighted by Gasteiger charge is 1.76. The van der Waals surface area contributed by atoms with Crippen molar-refractivity contribution in [2.24, 2.45) is 17.2 Å². The summed E-state index contributed by atoms with van der Waals surface area (Å²) in [4.78, 5) is 0. The van der Waals surface area contributed by atoms with Gasteiger partial charge in [0.25, 0.3) is 0 Å². The Balaban J connectivity index is 0. The summed E-state index contributed by atoms with van der Waals surface area (Å²) in [6, 6.07) is 0. The van der Waals surface area contributed by atoms with Crippen LogP contribution in [0.15, 0.2) is 12.7 Å². The highest BCUT2D eigenvalue weighted by Crippen LogP contribution is 1.58. The van der Waals surface area contributed by atoms with Gasteiger partial charge in [-0.05, 0) is 24.4 Å². The van der Waals surface area contributed by atoms with Crippen molar-refractivity contribution < 1.29 is 0 Å². The van der Waals surface area contributed by atoms with Crippen LogP contribution in [0.1, 0.15) is 0 Å². The van der Waals surface area contributed by atoms with Gasteiger partial charge in [-0.15, -0.1) is 6.58 Å². The second-order valence-corrected chi connectivity index (χ2v) is 2.35. The highest BCUT2D eigenvalue weighted by molar-refractivity contribution is 7.80. The summed E-state index contributed by atoms with van der Waals surface area (Å²) in [5.74, 6) is 0. The van der Waals surface area contributed by atoms with E-state index in [9.17, 15) is 0 Å². The normalized spacial score (nSPS) is 6.91. The minimum Gasteiger partial charge on any atom is -0.377 e. The SMILES string of the molecule is C=CCNC(N)=S.NC(N)=S. The highest BCUT2D eigenvalue weighted by atomic mass is 32.1. The first-order chi connectivity index (χ1) is 5.00. The molecule has 0 rings (SSSR count). The lowest BCUT2D eigenvalue weighted by atomic mass is 10.6. The van der Waals surface area contributed by atoms with E-state index in [0.717, 1.165) is 0 Å². The van der Waals surface area contributed by atoms with Crippen molar-refractivity contribution in [1.29, 1.82) is 0 Å². The summed E-state index contributed by atoms with van der Waals surface area (Å²) in [5.41, 5.74) is 14.3. The van der Waals surface area contributed by atoms with Crippen molar-refractivity contribution in [2.75, 3.05) is 6.54 Å². The van der Waals surface area contributed by atoms with Crippen LogP contribution in [-0.2, 0) is 0 Å². The van der Waals surface area contributed by atoms with Crippen molar-refractivity contribution in [3.63, 3.8) is 0 Å². The third-order valence-electron chi connectivity index (χ3n) is 0.421. The van der Waals surface area contributed by atoms with Crippen molar-refractivity contribution in [3.05, 3.63) is 12.7 Å². The molecule has 0 aliphatic rings. The molecular formula is C5H12N4S2. The van der Waals surface area contributed by atoms with E-state index in [2.05, 4.69) is 47.8 Å². The maximum absolute atomic E-state index is 5.05. The van der Waals surface area contributed by atoms with E-state index in [0.29, 0.717) is 11.7 Å². The second-order valence-electron chi connectivity index (χ2n) is 1.44. The number of nitrogens with two attached hydrogens (primary N) is 3. The zero-order chi connectivity index (χ0) is 9.28. The van der Waals surface area contributed by atoms with Gasteiger partial charge in [-0.2, -0.15) is 0 Å². The molecule has 0 aromatic carbocycles. The van der Waals surface area contributed by atoms with Crippen LogP contribution in [0.3, 0.4) is 0 Å². The number of rotatable bonds is 2. The molecule has 0 radical (unpaired) electrons. The van der Waals surface area contributed by atoms with Crippen LogP contribution in [0.25, 0.3) is 0 Å². The molecule has 0 aliphatic carbocycles. The molecule has 0 bridgehead atoms. The van der Waals surface area contributed by atoms with Gasteiger partial charge in [0.2, 0.25) is 0 Å². The molecule has 0 aromatic rings. The quantitative estimate of drug-likeness (QED) is 0.338. The van der Waals surface area contributed by atoms with Gasteiger partial charge in [-0.1, -0.05) is 6.08 Å². The summed E-state index contributed by atoms with van der Waals surface area (Å²) in [6.07, 6.45) is 1.69. The number of hydrogen-bond acceptors (Lipinski definition) is 2. The predicted octanol–water partition coefficient (Wildman–Crippen LogP) is -0.806. The molecule has 0 atom stereocenters. The molecular weight excluding hydrogens is 180 g/mol. The van der Waals surface area contributed by atoms with Gasteiger partial charge in [-0.3, -0.25) is 0 Å². The maximum atomic E-state index is 5.05. The monoisotopic (exact) mass is 192 g/mol. The van der Waals surface area contributed by atoms with Gasteiger partial charge in [0.1, 0.15) is 0 Å². The summed E-state index contributed by atoms with van der Waals surface area (Å²) in [5, 5.41) is 3.01. The first-order valence-corrected chi connectivity index (χ1v) is 3.51. The molecule has 0 spiro atoms. The summed E-state index contributed by atoms with van der Waals surface area (Å²) in [7, 11) is 0. The molecule has 0 saturated heterocycles. The Morgan fingerprint density at radius 1 is 1.36 bits per heavy atom. The minimum absolute atomic E-state index is 0.000000000000000222. The van der Waals surface area contributed by atoms with Crippen molar-refractivity contribution >= 4 is 34.7 Å². The molecule has 0 saturated carbocycles. The molecule has 0 aromatic heterocycles. The number of thiocarbonyl (C=S) groups is 2. The minimum atomic E-state index is 0.000000000000000222. The van der Waals surface area contributed by atoms with E-state index in [-0.39, 0.29) is 5.11 Å². The third-order valence-corrected chi connectivity index (χ3v) is 0.565. The summed E-state index contributed by atoms with van der Waals surface area (Å²) >= 11 is 8.57. The van der Waals surface area contributed by atoms with Crippen molar-refractivity contribution in [2.45, 2.75) is 0 Å².